The highest BCUT2D eigenvalue weighted by atomic mass is 16.5. The normalized spacial score (nSPS) is 10.3. The van der Waals surface area contributed by atoms with Crippen molar-refractivity contribution in [2.75, 3.05) is 7.11 Å². The number of hydrogen-bond acceptors (Lipinski definition) is 6. The van der Waals surface area contributed by atoms with Gasteiger partial charge in [-0.25, -0.2) is 0 Å². The molecule has 0 atom stereocenters. The lowest BCUT2D eigenvalue weighted by atomic mass is 10.1. The Kier molecular flexibility index (Phi) is 3.92. The van der Waals surface area contributed by atoms with Gasteiger partial charge < -0.3 is 4.74 Å². The molecule has 114 valence electrons. The van der Waals surface area contributed by atoms with Crippen molar-refractivity contribution in [3.63, 3.8) is 0 Å². The van der Waals surface area contributed by atoms with E-state index in [0.29, 0.717) is 28.3 Å². The molecule has 0 unspecified atom stereocenters. The molecule has 1 heterocycles. The summed E-state index contributed by atoms with van der Waals surface area (Å²) in [6, 6.07) is 13.4. The molecule has 0 bridgehead atoms. The van der Waals surface area contributed by atoms with E-state index in [1.54, 1.807) is 48.5 Å². The third-order valence-electron chi connectivity index (χ3n) is 3.22. The van der Waals surface area contributed by atoms with Crippen LogP contribution in [0.5, 0.6) is 5.75 Å². The summed E-state index contributed by atoms with van der Waals surface area (Å²) in [4.78, 5) is 23.9. The van der Waals surface area contributed by atoms with Crippen LogP contribution >= 0.6 is 0 Å². The van der Waals surface area contributed by atoms with Crippen molar-refractivity contribution in [3.8, 4) is 17.1 Å². The Morgan fingerprint density at radius 3 is 2.65 bits per heavy atom. The van der Waals surface area contributed by atoms with Crippen molar-refractivity contribution < 1.29 is 14.3 Å². The number of methoxy groups -OCH3 is 1. The van der Waals surface area contributed by atoms with Gasteiger partial charge >= 0.3 is 0 Å². The maximum Gasteiger partial charge on any atom is 0.297 e. The summed E-state index contributed by atoms with van der Waals surface area (Å²) in [6.45, 7) is 0. The zero-order valence-electron chi connectivity index (χ0n) is 12.2. The van der Waals surface area contributed by atoms with Crippen molar-refractivity contribution >= 4 is 12.2 Å². The van der Waals surface area contributed by atoms with Crippen molar-refractivity contribution in [2.24, 2.45) is 0 Å². The van der Waals surface area contributed by atoms with E-state index in [1.807, 2.05) is 0 Å². The lowest BCUT2D eigenvalue weighted by Gasteiger charge is -2.02. The number of tetrazole rings is 1. The number of benzene rings is 2. The Balaban J connectivity index is 1.88. The van der Waals surface area contributed by atoms with E-state index in [9.17, 15) is 9.59 Å². The minimum Gasteiger partial charge on any atom is -0.497 e. The van der Waals surface area contributed by atoms with Gasteiger partial charge in [0.05, 0.1) is 7.11 Å². The fourth-order valence-electron chi connectivity index (χ4n) is 2.00. The van der Waals surface area contributed by atoms with E-state index >= 15 is 0 Å². The third kappa shape index (κ3) is 2.98. The zero-order chi connectivity index (χ0) is 16.2. The van der Waals surface area contributed by atoms with Crippen LogP contribution in [0.25, 0.3) is 11.4 Å². The van der Waals surface area contributed by atoms with Crippen LogP contribution in [0.3, 0.4) is 0 Å². The topological polar surface area (TPSA) is 87.0 Å². The molecule has 0 radical (unpaired) electrons. The molecular weight excluding hydrogens is 296 g/mol. The van der Waals surface area contributed by atoms with E-state index in [1.165, 1.54) is 7.11 Å². The lowest BCUT2D eigenvalue weighted by molar-refractivity contribution is 0.0924. The number of carbonyl (C=O) groups is 2. The predicted octanol–water partition coefficient (Wildman–Crippen LogP) is 1.85. The average Bonchev–Trinajstić information content (AvgIpc) is 3.11. The van der Waals surface area contributed by atoms with Gasteiger partial charge in [-0.1, -0.05) is 35.1 Å². The first-order chi connectivity index (χ1) is 11.2. The summed E-state index contributed by atoms with van der Waals surface area (Å²) in [5.41, 5.74) is 1.61. The van der Waals surface area contributed by atoms with Crippen molar-refractivity contribution in [2.45, 2.75) is 0 Å². The van der Waals surface area contributed by atoms with Crippen LogP contribution in [0.15, 0.2) is 48.5 Å². The number of rotatable bonds is 4. The fourth-order valence-corrected chi connectivity index (χ4v) is 2.00. The highest BCUT2D eigenvalue weighted by Gasteiger charge is 2.14. The van der Waals surface area contributed by atoms with Gasteiger partial charge in [0.1, 0.15) is 12.0 Å². The van der Waals surface area contributed by atoms with E-state index in [2.05, 4.69) is 15.4 Å². The molecule has 0 fully saturated rings. The molecule has 3 aromatic rings. The van der Waals surface area contributed by atoms with Crippen LogP contribution in [0.1, 0.15) is 20.7 Å². The van der Waals surface area contributed by atoms with Gasteiger partial charge in [-0.05, 0) is 23.4 Å². The van der Waals surface area contributed by atoms with Gasteiger partial charge in [-0.2, -0.15) is 0 Å². The Labute approximate surface area is 131 Å². The van der Waals surface area contributed by atoms with Crippen molar-refractivity contribution in [3.05, 3.63) is 59.7 Å². The van der Waals surface area contributed by atoms with Gasteiger partial charge in [0, 0.05) is 16.7 Å². The van der Waals surface area contributed by atoms with Crippen LogP contribution in [-0.4, -0.2) is 39.5 Å². The van der Waals surface area contributed by atoms with E-state index in [0.717, 1.165) is 11.1 Å². The summed E-state index contributed by atoms with van der Waals surface area (Å²) in [5.74, 6) is 0.464. The first kappa shape index (κ1) is 14.6. The number of carbonyl (C=O) groups excluding carboxylic acids is 2. The Morgan fingerprint density at radius 1 is 1.17 bits per heavy atom. The smallest absolute Gasteiger partial charge is 0.297 e. The first-order valence-corrected chi connectivity index (χ1v) is 6.75. The summed E-state index contributed by atoms with van der Waals surface area (Å²) < 4.78 is 5.09. The molecular formula is C16H12N4O3. The Morgan fingerprint density at radius 2 is 1.96 bits per heavy atom. The number of ether oxygens (including phenoxy) is 1. The molecule has 23 heavy (non-hydrogen) atoms. The van der Waals surface area contributed by atoms with Gasteiger partial charge in [0.25, 0.3) is 5.91 Å². The molecule has 1 aromatic heterocycles. The van der Waals surface area contributed by atoms with E-state index in [-0.39, 0.29) is 0 Å². The van der Waals surface area contributed by atoms with Gasteiger partial charge in [-0.15, -0.1) is 10.2 Å². The van der Waals surface area contributed by atoms with Crippen LogP contribution in [-0.2, 0) is 0 Å². The predicted molar refractivity (Wildman–Crippen MR) is 81.4 cm³/mol. The van der Waals surface area contributed by atoms with E-state index < -0.39 is 5.91 Å². The molecule has 0 aliphatic heterocycles. The molecule has 0 saturated heterocycles. The van der Waals surface area contributed by atoms with Gasteiger partial charge in [-0.3, -0.25) is 9.59 Å². The minimum absolute atomic E-state index is 0.304. The second-order valence-corrected chi connectivity index (χ2v) is 4.68. The number of nitrogens with zero attached hydrogens (tertiary/aromatic N) is 4. The molecule has 7 nitrogen and oxygen atoms in total. The summed E-state index contributed by atoms with van der Waals surface area (Å²) in [5, 5.41) is 11.7. The van der Waals surface area contributed by atoms with Crippen LogP contribution < -0.4 is 4.74 Å². The van der Waals surface area contributed by atoms with Crippen molar-refractivity contribution in [1.29, 1.82) is 0 Å². The number of hydrogen-bond donors (Lipinski definition) is 0. The lowest BCUT2D eigenvalue weighted by Crippen LogP contribution is -2.15. The van der Waals surface area contributed by atoms with Gasteiger partial charge in [0.2, 0.25) is 5.82 Å². The minimum atomic E-state index is -0.410. The molecule has 0 spiro atoms. The molecule has 0 aliphatic carbocycles. The highest BCUT2D eigenvalue weighted by molar-refractivity contribution is 5.95. The quantitative estimate of drug-likeness (QED) is 0.684. The second kappa shape index (κ2) is 6.18. The number of aromatic nitrogens is 4. The maximum atomic E-state index is 12.4. The average molecular weight is 308 g/mol. The molecule has 0 aliphatic rings. The third-order valence-corrected chi connectivity index (χ3v) is 3.22. The molecule has 3 rings (SSSR count). The Bertz CT molecular complexity index is 856. The maximum absolute atomic E-state index is 12.4. The second-order valence-electron chi connectivity index (χ2n) is 4.68. The van der Waals surface area contributed by atoms with Crippen LogP contribution in [0, 0.1) is 0 Å². The van der Waals surface area contributed by atoms with Crippen LogP contribution in [0.2, 0.25) is 0 Å². The SMILES string of the molecule is COc1cccc(C(=O)n2nnc(-c3ccc(C=O)cc3)n2)c1. The van der Waals surface area contributed by atoms with Crippen molar-refractivity contribution in [1.82, 2.24) is 20.2 Å². The largest absolute Gasteiger partial charge is 0.497 e. The molecule has 2 aromatic carbocycles. The standard InChI is InChI=1S/C16H12N4O3/c1-23-14-4-2-3-13(9-14)16(22)20-18-15(17-19-20)12-7-5-11(10-21)6-8-12/h2-10H,1H3. The highest BCUT2D eigenvalue weighted by Crippen LogP contribution is 2.16. The molecule has 0 N–H and O–H groups in total. The zero-order valence-corrected chi connectivity index (χ0v) is 12.2. The van der Waals surface area contributed by atoms with Crippen LogP contribution in [0.4, 0.5) is 0 Å². The Hall–Kier alpha value is -3.35. The number of aldehydes is 1. The molecule has 0 amide bonds. The molecule has 7 heteroatoms. The first-order valence-electron chi connectivity index (χ1n) is 6.75. The van der Waals surface area contributed by atoms with Gasteiger partial charge in [0.15, 0.2) is 0 Å². The summed E-state index contributed by atoms with van der Waals surface area (Å²) >= 11 is 0. The molecule has 0 saturated carbocycles. The fraction of sp³-hybridized carbons (Fsp3) is 0.0625. The summed E-state index contributed by atoms with van der Waals surface area (Å²) in [6.07, 6.45) is 0.750. The monoisotopic (exact) mass is 308 g/mol. The van der Waals surface area contributed by atoms with E-state index in [4.69, 9.17) is 4.74 Å². The summed E-state index contributed by atoms with van der Waals surface area (Å²) in [7, 11) is 1.53.